The normalized spacial score (nSPS) is 12.4. The number of aliphatic hydroxyl groups excluding tert-OH is 1. The second-order valence-corrected chi connectivity index (χ2v) is 6.99. The van der Waals surface area contributed by atoms with Crippen LogP contribution in [-0.2, 0) is 0 Å². The van der Waals surface area contributed by atoms with E-state index in [4.69, 9.17) is 0 Å². The van der Waals surface area contributed by atoms with Crippen molar-refractivity contribution < 1.29 is 19.0 Å². The van der Waals surface area contributed by atoms with Gasteiger partial charge in [0.2, 0.25) is 0 Å². The molecule has 3 rings (SSSR count). The molecule has 0 saturated heterocycles. The van der Waals surface area contributed by atoms with E-state index >= 15 is 0 Å². The molecule has 0 spiro atoms. The van der Waals surface area contributed by atoms with Crippen molar-refractivity contribution in [3.8, 4) is 28.1 Å². The summed E-state index contributed by atoms with van der Waals surface area (Å²) >= 11 is 0. The molecule has 150 valence electrons. The highest BCUT2D eigenvalue weighted by atomic mass is 19.2. The number of benzene rings is 2. The molecule has 1 aromatic heterocycles. The van der Waals surface area contributed by atoms with Crippen LogP contribution in [0, 0.1) is 11.6 Å². The maximum atomic E-state index is 14.6. The molecule has 0 fully saturated rings. The Morgan fingerprint density at radius 2 is 1.69 bits per heavy atom. The van der Waals surface area contributed by atoms with Crippen molar-refractivity contribution in [1.29, 1.82) is 0 Å². The zero-order chi connectivity index (χ0) is 20.8. The molecule has 0 saturated carbocycles. The summed E-state index contributed by atoms with van der Waals surface area (Å²) < 4.78 is 29.1. The molecule has 1 heterocycles. The van der Waals surface area contributed by atoms with Gasteiger partial charge in [0.05, 0.1) is 18.0 Å². The average Bonchev–Trinajstić information content (AvgIpc) is 2.71. The number of allylic oxidation sites excluding steroid dienone is 1. The first kappa shape index (κ1) is 20.7. The molecule has 2 aromatic carbocycles. The first-order valence-corrected chi connectivity index (χ1v) is 9.54. The van der Waals surface area contributed by atoms with Gasteiger partial charge in [-0.2, -0.15) is 0 Å². The van der Waals surface area contributed by atoms with Gasteiger partial charge in [0, 0.05) is 16.7 Å². The van der Waals surface area contributed by atoms with Crippen LogP contribution >= 0.6 is 0 Å². The average molecular weight is 395 g/mol. The standard InChI is InChI=1S/C24H23F2NO2/c1-16(28)5-3-2-4-6-19-11-13-21(24(26)23(19)25)17-7-9-18(10-8-17)22-14-12-20(29)15-27-22/h4,6-16,28-29H,2-3,5H2,1H3. The summed E-state index contributed by atoms with van der Waals surface area (Å²) in [5, 5.41) is 18.6. The summed E-state index contributed by atoms with van der Waals surface area (Å²) in [7, 11) is 0. The summed E-state index contributed by atoms with van der Waals surface area (Å²) in [6, 6.07) is 13.4. The summed E-state index contributed by atoms with van der Waals surface area (Å²) in [5.74, 6) is -1.68. The van der Waals surface area contributed by atoms with Gasteiger partial charge < -0.3 is 10.2 Å². The lowest BCUT2D eigenvalue weighted by Gasteiger charge is -2.08. The van der Waals surface area contributed by atoms with E-state index in [9.17, 15) is 19.0 Å². The molecule has 0 aliphatic carbocycles. The molecular weight excluding hydrogens is 372 g/mol. The van der Waals surface area contributed by atoms with Crippen LogP contribution in [0.15, 0.2) is 60.8 Å². The topological polar surface area (TPSA) is 53.4 Å². The quantitative estimate of drug-likeness (QED) is 0.485. The second-order valence-electron chi connectivity index (χ2n) is 6.99. The molecule has 3 nitrogen and oxygen atoms in total. The fraction of sp³-hybridized carbons (Fsp3) is 0.208. The molecule has 0 aliphatic rings. The highest BCUT2D eigenvalue weighted by Crippen LogP contribution is 2.29. The molecule has 0 amide bonds. The van der Waals surface area contributed by atoms with Crippen molar-refractivity contribution in [1.82, 2.24) is 4.98 Å². The van der Waals surface area contributed by atoms with Gasteiger partial charge in [0.25, 0.3) is 0 Å². The molecule has 1 unspecified atom stereocenters. The van der Waals surface area contributed by atoms with Gasteiger partial charge in [0.15, 0.2) is 11.6 Å². The predicted octanol–water partition coefficient (Wildman–Crippen LogP) is 5.96. The molecule has 0 radical (unpaired) electrons. The van der Waals surface area contributed by atoms with Crippen molar-refractivity contribution in [2.45, 2.75) is 32.3 Å². The van der Waals surface area contributed by atoms with E-state index in [0.717, 1.165) is 12.0 Å². The van der Waals surface area contributed by atoms with Crippen molar-refractivity contribution in [2.75, 3.05) is 0 Å². The fourth-order valence-corrected chi connectivity index (χ4v) is 3.03. The lowest BCUT2D eigenvalue weighted by atomic mass is 10.00. The number of halogens is 2. The number of hydrogen-bond acceptors (Lipinski definition) is 3. The monoisotopic (exact) mass is 395 g/mol. The number of rotatable bonds is 7. The van der Waals surface area contributed by atoms with E-state index in [1.807, 2.05) is 0 Å². The minimum Gasteiger partial charge on any atom is -0.506 e. The minimum atomic E-state index is -0.883. The van der Waals surface area contributed by atoms with Gasteiger partial charge in [-0.25, -0.2) is 8.78 Å². The third-order valence-corrected chi connectivity index (χ3v) is 4.64. The third-order valence-electron chi connectivity index (χ3n) is 4.64. The highest BCUT2D eigenvalue weighted by Gasteiger charge is 2.13. The number of aliphatic hydroxyl groups is 1. The molecule has 2 N–H and O–H groups in total. The number of aromatic nitrogens is 1. The van der Waals surface area contributed by atoms with Crippen LogP contribution in [0.3, 0.4) is 0 Å². The number of unbranched alkanes of at least 4 members (excludes halogenated alkanes) is 1. The Balaban J connectivity index is 1.76. The molecule has 0 bridgehead atoms. The van der Waals surface area contributed by atoms with E-state index < -0.39 is 11.6 Å². The Bertz CT molecular complexity index is 981. The van der Waals surface area contributed by atoms with E-state index in [1.54, 1.807) is 67.6 Å². The fourth-order valence-electron chi connectivity index (χ4n) is 3.03. The smallest absolute Gasteiger partial charge is 0.167 e. The van der Waals surface area contributed by atoms with E-state index in [2.05, 4.69) is 4.98 Å². The van der Waals surface area contributed by atoms with Crippen molar-refractivity contribution in [3.63, 3.8) is 0 Å². The van der Waals surface area contributed by atoms with Gasteiger partial charge >= 0.3 is 0 Å². The highest BCUT2D eigenvalue weighted by molar-refractivity contribution is 5.70. The van der Waals surface area contributed by atoms with E-state index in [-0.39, 0.29) is 23.0 Å². The van der Waals surface area contributed by atoms with Crippen LogP contribution in [0.4, 0.5) is 8.78 Å². The van der Waals surface area contributed by atoms with Gasteiger partial charge in [-0.1, -0.05) is 48.6 Å². The van der Waals surface area contributed by atoms with Crippen molar-refractivity contribution >= 4 is 6.08 Å². The molecule has 29 heavy (non-hydrogen) atoms. The summed E-state index contributed by atoms with van der Waals surface area (Å²) in [6.45, 7) is 1.73. The second kappa shape index (κ2) is 9.43. The maximum Gasteiger partial charge on any atom is 0.167 e. The molecule has 5 heteroatoms. The van der Waals surface area contributed by atoms with Crippen molar-refractivity contribution in [3.05, 3.63) is 78.0 Å². The van der Waals surface area contributed by atoms with E-state index in [0.29, 0.717) is 24.1 Å². The molecule has 3 aromatic rings. The SMILES string of the molecule is CC(O)CCCC=Cc1ccc(-c2ccc(-c3ccc(O)cn3)cc2)c(F)c1F. The first-order valence-electron chi connectivity index (χ1n) is 9.54. The zero-order valence-electron chi connectivity index (χ0n) is 16.1. The Hall–Kier alpha value is -3.05. The number of pyridine rings is 1. The van der Waals surface area contributed by atoms with Gasteiger partial charge in [-0.3, -0.25) is 4.98 Å². The van der Waals surface area contributed by atoms with Gasteiger partial charge in [0.1, 0.15) is 5.75 Å². The first-order chi connectivity index (χ1) is 14.0. The minimum absolute atomic E-state index is 0.0833. The van der Waals surface area contributed by atoms with Crippen LogP contribution in [0.2, 0.25) is 0 Å². The van der Waals surface area contributed by atoms with Crippen molar-refractivity contribution in [2.24, 2.45) is 0 Å². The zero-order valence-corrected chi connectivity index (χ0v) is 16.1. The Morgan fingerprint density at radius 1 is 0.966 bits per heavy atom. The predicted molar refractivity (Wildman–Crippen MR) is 111 cm³/mol. The Labute approximate surface area is 169 Å². The van der Waals surface area contributed by atoms with Crippen LogP contribution in [0.1, 0.15) is 31.7 Å². The van der Waals surface area contributed by atoms with Crippen LogP contribution in [0.25, 0.3) is 28.5 Å². The Morgan fingerprint density at radius 3 is 2.34 bits per heavy atom. The summed E-state index contributed by atoms with van der Waals surface area (Å²) in [4.78, 5) is 4.14. The molecule has 1 atom stereocenters. The van der Waals surface area contributed by atoms with Gasteiger partial charge in [-0.05, 0) is 43.9 Å². The largest absolute Gasteiger partial charge is 0.506 e. The van der Waals surface area contributed by atoms with E-state index in [1.165, 1.54) is 6.20 Å². The lowest BCUT2D eigenvalue weighted by molar-refractivity contribution is 0.182. The molecular formula is C24H23F2NO2. The summed E-state index contributed by atoms with van der Waals surface area (Å²) in [5.41, 5.74) is 2.45. The van der Waals surface area contributed by atoms with Crippen LogP contribution in [0.5, 0.6) is 5.75 Å². The number of nitrogens with zero attached hydrogens (tertiary/aromatic N) is 1. The van der Waals surface area contributed by atoms with Crippen LogP contribution < -0.4 is 0 Å². The Kier molecular flexibility index (Phi) is 6.73. The van der Waals surface area contributed by atoms with Crippen LogP contribution in [-0.4, -0.2) is 21.3 Å². The number of aromatic hydroxyl groups is 1. The molecule has 0 aliphatic heterocycles. The summed E-state index contributed by atoms with van der Waals surface area (Å²) in [6.07, 6.45) is 6.53. The third kappa shape index (κ3) is 5.27. The lowest BCUT2D eigenvalue weighted by Crippen LogP contribution is -1.97. The number of hydrogen-bond donors (Lipinski definition) is 2. The van der Waals surface area contributed by atoms with Gasteiger partial charge in [-0.15, -0.1) is 0 Å². The maximum absolute atomic E-state index is 14.6.